The Hall–Kier alpha value is -1.58. The number of rotatable bonds is 4. The number of carbonyl (C=O) groups excluding carboxylic acids is 2. The Morgan fingerprint density at radius 3 is 1.75 bits per heavy atom. The van der Waals surface area contributed by atoms with Gasteiger partial charge in [-0.2, -0.15) is 0 Å². The molecule has 1 rings (SSSR count). The third-order valence-corrected chi connectivity index (χ3v) is 2.80. The van der Waals surface area contributed by atoms with Gasteiger partial charge in [0.05, 0.1) is 0 Å². The van der Waals surface area contributed by atoms with Gasteiger partial charge in [0.1, 0.15) is 5.66 Å². The molecule has 0 aromatic carbocycles. The van der Waals surface area contributed by atoms with Crippen molar-refractivity contribution in [3.8, 4) is 0 Å². The highest BCUT2D eigenvalue weighted by molar-refractivity contribution is 5.90. The molecular formula is C12H18N2O2. The van der Waals surface area contributed by atoms with Gasteiger partial charge in [0.15, 0.2) is 0 Å². The summed E-state index contributed by atoms with van der Waals surface area (Å²) >= 11 is 0. The van der Waals surface area contributed by atoms with Crippen LogP contribution >= 0.6 is 0 Å². The lowest BCUT2D eigenvalue weighted by molar-refractivity contribution is -0.123. The van der Waals surface area contributed by atoms with Crippen LogP contribution < -0.4 is 10.6 Å². The van der Waals surface area contributed by atoms with Crippen LogP contribution in [0.1, 0.15) is 32.1 Å². The summed E-state index contributed by atoms with van der Waals surface area (Å²) in [6.45, 7) is 6.82. The van der Waals surface area contributed by atoms with Crippen molar-refractivity contribution >= 4 is 11.8 Å². The first kappa shape index (κ1) is 12.5. The average Bonchev–Trinajstić information content (AvgIpc) is 2.29. The van der Waals surface area contributed by atoms with Crippen LogP contribution in [0.2, 0.25) is 0 Å². The van der Waals surface area contributed by atoms with E-state index in [-0.39, 0.29) is 11.8 Å². The summed E-state index contributed by atoms with van der Waals surface area (Å²) in [6.07, 6.45) is 7.07. The lowest BCUT2D eigenvalue weighted by atomic mass is 9.88. The van der Waals surface area contributed by atoms with Crippen molar-refractivity contribution in [2.75, 3.05) is 0 Å². The second-order valence-electron chi connectivity index (χ2n) is 4.03. The fraction of sp³-hybridized carbons (Fsp3) is 0.500. The van der Waals surface area contributed by atoms with E-state index in [9.17, 15) is 9.59 Å². The van der Waals surface area contributed by atoms with Crippen molar-refractivity contribution in [3.63, 3.8) is 0 Å². The molecule has 0 aromatic rings. The van der Waals surface area contributed by atoms with E-state index < -0.39 is 5.66 Å². The zero-order valence-electron chi connectivity index (χ0n) is 9.42. The fourth-order valence-electron chi connectivity index (χ4n) is 2.01. The Balaban J connectivity index is 2.73. The van der Waals surface area contributed by atoms with Gasteiger partial charge in [0, 0.05) is 0 Å². The van der Waals surface area contributed by atoms with Crippen LogP contribution in [0.15, 0.2) is 25.3 Å². The minimum atomic E-state index is -0.616. The number of nitrogens with one attached hydrogen (secondary N) is 2. The van der Waals surface area contributed by atoms with Crippen LogP contribution in [0.4, 0.5) is 0 Å². The van der Waals surface area contributed by atoms with Gasteiger partial charge in [-0.25, -0.2) is 0 Å². The molecule has 0 heterocycles. The molecule has 16 heavy (non-hydrogen) atoms. The monoisotopic (exact) mass is 222 g/mol. The Bertz CT molecular complexity index is 280. The van der Waals surface area contributed by atoms with Gasteiger partial charge in [-0.1, -0.05) is 19.6 Å². The van der Waals surface area contributed by atoms with E-state index in [0.717, 1.165) is 32.1 Å². The van der Waals surface area contributed by atoms with E-state index in [1.165, 1.54) is 12.2 Å². The van der Waals surface area contributed by atoms with Crippen molar-refractivity contribution in [2.24, 2.45) is 0 Å². The van der Waals surface area contributed by atoms with Crippen molar-refractivity contribution in [1.82, 2.24) is 10.6 Å². The van der Waals surface area contributed by atoms with E-state index in [0.29, 0.717) is 0 Å². The molecule has 0 aromatic heterocycles. The van der Waals surface area contributed by atoms with E-state index in [1.54, 1.807) is 0 Å². The second kappa shape index (κ2) is 5.49. The number of carbonyl (C=O) groups is 2. The van der Waals surface area contributed by atoms with Gasteiger partial charge in [0.2, 0.25) is 11.8 Å². The summed E-state index contributed by atoms with van der Waals surface area (Å²) in [7, 11) is 0. The van der Waals surface area contributed by atoms with E-state index >= 15 is 0 Å². The summed E-state index contributed by atoms with van der Waals surface area (Å²) in [5, 5.41) is 5.62. The Kier molecular flexibility index (Phi) is 4.28. The highest BCUT2D eigenvalue weighted by Gasteiger charge is 2.33. The van der Waals surface area contributed by atoms with E-state index in [4.69, 9.17) is 0 Å². The van der Waals surface area contributed by atoms with Gasteiger partial charge in [-0.3, -0.25) is 9.59 Å². The zero-order valence-corrected chi connectivity index (χ0v) is 9.42. The molecule has 4 nitrogen and oxygen atoms in total. The SMILES string of the molecule is C=CC(=O)NC1(NC(=O)C=C)CCCCC1. The predicted octanol–water partition coefficient (Wildman–Crippen LogP) is 1.25. The van der Waals surface area contributed by atoms with Crippen LogP contribution in [-0.4, -0.2) is 17.5 Å². The second-order valence-corrected chi connectivity index (χ2v) is 4.03. The third kappa shape index (κ3) is 3.22. The molecule has 1 aliphatic carbocycles. The molecule has 0 atom stereocenters. The molecular weight excluding hydrogens is 204 g/mol. The summed E-state index contributed by atoms with van der Waals surface area (Å²) < 4.78 is 0. The van der Waals surface area contributed by atoms with Crippen LogP contribution in [0.3, 0.4) is 0 Å². The first-order valence-electron chi connectivity index (χ1n) is 5.51. The minimum absolute atomic E-state index is 0.258. The third-order valence-electron chi connectivity index (χ3n) is 2.80. The van der Waals surface area contributed by atoms with Gasteiger partial charge in [0.25, 0.3) is 0 Å². The summed E-state index contributed by atoms with van der Waals surface area (Å²) in [5.41, 5.74) is -0.616. The van der Waals surface area contributed by atoms with Crippen LogP contribution in [0, 0.1) is 0 Å². The Morgan fingerprint density at radius 2 is 1.38 bits per heavy atom. The number of hydrogen-bond acceptors (Lipinski definition) is 2. The van der Waals surface area contributed by atoms with Crippen molar-refractivity contribution in [2.45, 2.75) is 37.8 Å². The lowest BCUT2D eigenvalue weighted by Gasteiger charge is -2.38. The molecule has 1 saturated carbocycles. The van der Waals surface area contributed by atoms with Crippen molar-refractivity contribution < 1.29 is 9.59 Å². The summed E-state index contributed by atoms with van der Waals surface area (Å²) in [6, 6.07) is 0. The number of hydrogen-bond donors (Lipinski definition) is 2. The zero-order chi connectivity index (χ0) is 12.0. The van der Waals surface area contributed by atoms with Gasteiger partial charge < -0.3 is 10.6 Å². The van der Waals surface area contributed by atoms with Crippen LogP contribution in [-0.2, 0) is 9.59 Å². The normalized spacial score (nSPS) is 18.2. The topological polar surface area (TPSA) is 58.2 Å². The molecule has 88 valence electrons. The lowest BCUT2D eigenvalue weighted by Crippen LogP contribution is -2.60. The highest BCUT2D eigenvalue weighted by atomic mass is 16.2. The maximum absolute atomic E-state index is 11.3. The van der Waals surface area contributed by atoms with E-state index in [1.807, 2.05) is 0 Å². The molecule has 4 heteroatoms. The molecule has 1 fully saturated rings. The maximum Gasteiger partial charge on any atom is 0.245 e. The molecule has 0 spiro atoms. The van der Waals surface area contributed by atoms with E-state index in [2.05, 4.69) is 23.8 Å². The smallest absolute Gasteiger partial charge is 0.245 e. The Morgan fingerprint density at radius 1 is 0.938 bits per heavy atom. The van der Waals surface area contributed by atoms with Crippen LogP contribution in [0.5, 0.6) is 0 Å². The minimum Gasteiger partial charge on any atom is -0.330 e. The van der Waals surface area contributed by atoms with Crippen molar-refractivity contribution in [3.05, 3.63) is 25.3 Å². The maximum atomic E-state index is 11.3. The highest BCUT2D eigenvalue weighted by Crippen LogP contribution is 2.25. The van der Waals surface area contributed by atoms with Gasteiger partial charge in [-0.15, -0.1) is 0 Å². The first-order chi connectivity index (χ1) is 7.62. The van der Waals surface area contributed by atoms with Crippen LogP contribution in [0.25, 0.3) is 0 Å². The van der Waals surface area contributed by atoms with Gasteiger partial charge >= 0.3 is 0 Å². The van der Waals surface area contributed by atoms with Gasteiger partial charge in [-0.05, 0) is 37.8 Å². The summed E-state index contributed by atoms with van der Waals surface area (Å²) in [5.74, 6) is -0.516. The molecule has 2 N–H and O–H groups in total. The average molecular weight is 222 g/mol. The standard InChI is InChI=1S/C12H18N2O2/c1-3-10(15)13-12(14-11(16)4-2)8-6-5-7-9-12/h3-4H,1-2,5-9H2,(H,13,15)(H,14,16). The predicted molar refractivity (Wildman–Crippen MR) is 62.5 cm³/mol. The number of amides is 2. The Labute approximate surface area is 95.8 Å². The fourth-order valence-corrected chi connectivity index (χ4v) is 2.01. The van der Waals surface area contributed by atoms with Crippen molar-refractivity contribution in [1.29, 1.82) is 0 Å². The molecule has 1 aliphatic rings. The molecule has 0 bridgehead atoms. The molecule has 0 aliphatic heterocycles. The molecule has 2 amide bonds. The first-order valence-corrected chi connectivity index (χ1v) is 5.51. The molecule has 0 radical (unpaired) electrons. The quantitative estimate of drug-likeness (QED) is 0.555. The largest absolute Gasteiger partial charge is 0.330 e. The summed E-state index contributed by atoms with van der Waals surface area (Å²) in [4.78, 5) is 22.7. The molecule has 0 saturated heterocycles. The molecule has 0 unspecified atom stereocenters.